The summed E-state index contributed by atoms with van der Waals surface area (Å²) in [6.07, 6.45) is 1.81. The smallest absolute Gasteiger partial charge is 0.342 e. The zero-order valence-electron chi connectivity index (χ0n) is 19.6. The van der Waals surface area contributed by atoms with Crippen molar-refractivity contribution in [2.45, 2.75) is 38.6 Å². The first-order valence-electron chi connectivity index (χ1n) is 11.7. The first-order valence-corrected chi connectivity index (χ1v) is 12.0. The average Bonchev–Trinajstić information content (AvgIpc) is 3.24. The molecule has 1 aliphatic carbocycles. The van der Waals surface area contributed by atoms with Gasteiger partial charge in [-0.15, -0.1) is 0 Å². The fourth-order valence-electron chi connectivity index (χ4n) is 4.92. The quantitative estimate of drug-likeness (QED) is 0.442. The van der Waals surface area contributed by atoms with Gasteiger partial charge in [0.05, 0.1) is 18.9 Å². The molecule has 5 nitrogen and oxygen atoms in total. The van der Waals surface area contributed by atoms with Crippen molar-refractivity contribution in [2.24, 2.45) is 11.0 Å². The molecule has 0 unspecified atom stereocenters. The molecule has 0 aromatic heterocycles. The molecular formula is C28H28ClN3O2. The summed E-state index contributed by atoms with van der Waals surface area (Å²) in [7, 11) is 1.68. The van der Waals surface area contributed by atoms with Crippen LogP contribution >= 0.6 is 11.6 Å². The number of carbonyl (C=O) groups is 1. The minimum atomic E-state index is -0.241. The summed E-state index contributed by atoms with van der Waals surface area (Å²) in [5.41, 5.74) is 6.26. The second-order valence-corrected chi connectivity index (χ2v) is 9.64. The zero-order chi connectivity index (χ0) is 23.8. The van der Waals surface area contributed by atoms with Gasteiger partial charge < -0.3 is 10.1 Å². The first-order chi connectivity index (χ1) is 16.4. The number of aryl methyl sites for hydroxylation is 1. The number of hydrazone groups is 1. The van der Waals surface area contributed by atoms with Gasteiger partial charge in [0, 0.05) is 22.2 Å². The lowest BCUT2D eigenvalue weighted by atomic mass is 9.77. The van der Waals surface area contributed by atoms with Crippen molar-refractivity contribution in [1.29, 1.82) is 0 Å². The van der Waals surface area contributed by atoms with E-state index < -0.39 is 0 Å². The molecule has 0 fully saturated rings. The van der Waals surface area contributed by atoms with Crippen LogP contribution in [0, 0.1) is 5.92 Å². The molecule has 3 aromatic carbocycles. The molecule has 3 aromatic rings. The van der Waals surface area contributed by atoms with Crippen molar-refractivity contribution in [1.82, 2.24) is 5.01 Å². The Balaban J connectivity index is 1.50. The van der Waals surface area contributed by atoms with E-state index >= 15 is 0 Å². The molecule has 0 spiro atoms. The summed E-state index contributed by atoms with van der Waals surface area (Å²) >= 11 is 6.16. The normalized spacial score (nSPS) is 18.9. The van der Waals surface area contributed by atoms with Crippen LogP contribution in [-0.2, 0) is 6.42 Å². The summed E-state index contributed by atoms with van der Waals surface area (Å²) in [5, 5.41) is 10.2. The zero-order valence-corrected chi connectivity index (χ0v) is 20.3. The van der Waals surface area contributed by atoms with Crippen LogP contribution in [0.4, 0.5) is 10.5 Å². The predicted molar refractivity (Wildman–Crippen MR) is 137 cm³/mol. The second kappa shape index (κ2) is 9.15. The van der Waals surface area contributed by atoms with Gasteiger partial charge in [0.15, 0.2) is 0 Å². The number of fused-ring (bicyclic) bond motifs is 3. The van der Waals surface area contributed by atoms with Gasteiger partial charge in [-0.2, -0.15) is 5.10 Å². The third kappa shape index (κ3) is 4.16. The third-order valence-corrected chi connectivity index (χ3v) is 7.02. The van der Waals surface area contributed by atoms with Gasteiger partial charge in [-0.05, 0) is 77.9 Å². The van der Waals surface area contributed by atoms with E-state index in [9.17, 15) is 4.79 Å². The minimum absolute atomic E-state index is 0.108. The van der Waals surface area contributed by atoms with E-state index in [2.05, 4.69) is 43.4 Å². The van der Waals surface area contributed by atoms with Crippen molar-refractivity contribution in [3.63, 3.8) is 0 Å². The van der Waals surface area contributed by atoms with E-state index in [0.29, 0.717) is 10.9 Å². The van der Waals surface area contributed by atoms with Gasteiger partial charge in [-0.1, -0.05) is 49.7 Å². The highest BCUT2D eigenvalue weighted by Crippen LogP contribution is 2.44. The summed E-state index contributed by atoms with van der Waals surface area (Å²) in [6.45, 7) is 4.31. The lowest BCUT2D eigenvalue weighted by Gasteiger charge is -2.30. The number of hydrogen-bond acceptors (Lipinski definition) is 3. The number of methoxy groups -OCH3 is 1. The Bertz CT molecular complexity index is 1240. The number of hydrogen-bond donors (Lipinski definition) is 1. The number of rotatable bonds is 4. The largest absolute Gasteiger partial charge is 0.497 e. The molecule has 0 saturated heterocycles. The van der Waals surface area contributed by atoms with Crippen LogP contribution < -0.4 is 10.1 Å². The number of carbonyl (C=O) groups excluding carboxylic acids is 1. The van der Waals surface area contributed by atoms with Crippen LogP contribution in [0.3, 0.4) is 0 Å². The summed E-state index contributed by atoms with van der Waals surface area (Å²) in [6, 6.07) is 21.4. The maximum absolute atomic E-state index is 13.5. The van der Waals surface area contributed by atoms with Crippen LogP contribution in [0.5, 0.6) is 5.75 Å². The maximum Gasteiger partial charge on any atom is 0.342 e. The molecule has 1 heterocycles. The molecule has 2 atom stereocenters. The van der Waals surface area contributed by atoms with Crippen molar-refractivity contribution in [3.8, 4) is 5.75 Å². The topological polar surface area (TPSA) is 53.9 Å². The summed E-state index contributed by atoms with van der Waals surface area (Å²) in [5.74, 6) is 1.38. The lowest BCUT2D eigenvalue weighted by molar-refractivity contribution is 0.188. The van der Waals surface area contributed by atoms with Crippen LogP contribution in [0.15, 0.2) is 71.8 Å². The number of benzene rings is 3. The maximum atomic E-state index is 13.5. The Morgan fingerprint density at radius 1 is 1.09 bits per heavy atom. The molecule has 0 bridgehead atoms. The van der Waals surface area contributed by atoms with Crippen molar-refractivity contribution >= 4 is 29.0 Å². The molecule has 1 N–H and O–H groups in total. The first kappa shape index (κ1) is 22.5. The molecule has 174 valence electrons. The summed E-state index contributed by atoms with van der Waals surface area (Å²) < 4.78 is 5.42. The number of amides is 2. The number of ether oxygens (including phenoxy) is 1. The van der Waals surface area contributed by atoms with Gasteiger partial charge in [0.2, 0.25) is 0 Å². The van der Waals surface area contributed by atoms with Crippen LogP contribution in [0.2, 0.25) is 5.02 Å². The highest BCUT2D eigenvalue weighted by atomic mass is 35.5. The van der Waals surface area contributed by atoms with Crippen LogP contribution in [-0.4, -0.2) is 23.9 Å². The monoisotopic (exact) mass is 473 g/mol. The minimum Gasteiger partial charge on any atom is -0.497 e. The van der Waals surface area contributed by atoms with E-state index in [0.717, 1.165) is 41.1 Å². The molecule has 2 amide bonds. The number of urea groups is 1. The van der Waals surface area contributed by atoms with Gasteiger partial charge in [0.25, 0.3) is 0 Å². The Hall–Kier alpha value is -3.31. The molecular weight excluding hydrogens is 446 g/mol. The van der Waals surface area contributed by atoms with Crippen LogP contribution in [0.1, 0.15) is 54.5 Å². The van der Waals surface area contributed by atoms with E-state index in [1.165, 1.54) is 11.1 Å². The van der Waals surface area contributed by atoms with E-state index in [4.69, 9.17) is 21.4 Å². The molecule has 2 aliphatic rings. The second-order valence-electron chi connectivity index (χ2n) is 9.20. The number of halogens is 1. The number of anilines is 1. The molecule has 6 heteroatoms. The van der Waals surface area contributed by atoms with E-state index in [1.54, 1.807) is 12.1 Å². The fraction of sp³-hybridized carbons (Fsp3) is 0.286. The van der Waals surface area contributed by atoms with Gasteiger partial charge in [-0.25, -0.2) is 9.80 Å². The van der Waals surface area contributed by atoms with Crippen molar-refractivity contribution < 1.29 is 9.53 Å². The fourth-order valence-corrected chi connectivity index (χ4v) is 5.05. The van der Waals surface area contributed by atoms with E-state index in [1.807, 2.05) is 42.5 Å². The Morgan fingerprint density at radius 3 is 2.50 bits per heavy atom. The standard InChI is InChI=1S/C28H28ClN3O2/c1-17(2)18-6-11-22(12-7-18)30-28(33)32-27(19-4-9-21(29)10-5-19)25-14-8-20-16-23(34-3)13-15-24(20)26(25)31-32/h4-7,9-13,15-17,25,27H,8,14H2,1-3H3,(H,30,33)/t25-,27+/m0/s1. The highest BCUT2D eigenvalue weighted by molar-refractivity contribution is 6.30. The number of nitrogens with one attached hydrogen (secondary N) is 1. The summed E-state index contributed by atoms with van der Waals surface area (Å²) in [4.78, 5) is 13.5. The number of nitrogens with zero attached hydrogens (tertiary/aromatic N) is 2. The average molecular weight is 474 g/mol. The molecule has 0 saturated carbocycles. The predicted octanol–water partition coefficient (Wildman–Crippen LogP) is 7.03. The molecule has 1 aliphatic heterocycles. The third-order valence-electron chi connectivity index (χ3n) is 6.77. The lowest BCUT2D eigenvalue weighted by Crippen LogP contribution is -2.34. The molecule has 5 rings (SSSR count). The Morgan fingerprint density at radius 2 is 1.82 bits per heavy atom. The van der Waals surface area contributed by atoms with E-state index in [-0.39, 0.29) is 18.0 Å². The van der Waals surface area contributed by atoms with Gasteiger partial charge in [0.1, 0.15) is 5.75 Å². The van der Waals surface area contributed by atoms with Crippen molar-refractivity contribution in [2.75, 3.05) is 12.4 Å². The Kier molecular flexibility index (Phi) is 6.05. The highest BCUT2D eigenvalue weighted by Gasteiger charge is 2.44. The molecule has 34 heavy (non-hydrogen) atoms. The van der Waals surface area contributed by atoms with Crippen molar-refractivity contribution in [3.05, 3.63) is 94.0 Å². The van der Waals surface area contributed by atoms with Gasteiger partial charge in [-0.3, -0.25) is 0 Å². The molecule has 0 radical (unpaired) electrons. The van der Waals surface area contributed by atoms with Gasteiger partial charge >= 0.3 is 6.03 Å². The SMILES string of the molecule is COc1ccc2c(c1)CC[C@H]1C2=NN(C(=O)Nc2ccc(C(C)C)cc2)[C@@H]1c1ccc(Cl)cc1. The Labute approximate surface area is 205 Å². The van der Waals surface area contributed by atoms with Crippen LogP contribution in [0.25, 0.3) is 0 Å².